The van der Waals surface area contributed by atoms with Gasteiger partial charge in [-0.1, -0.05) is 74.5 Å². The number of phenolic OH excluding ortho intramolecular Hbond substituents is 1. The summed E-state index contributed by atoms with van der Waals surface area (Å²) in [7, 11) is 4.51. The van der Waals surface area contributed by atoms with Crippen molar-refractivity contribution >= 4 is 74.8 Å². The third-order valence-electron chi connectivity index (χ3n) is 23.2. The molecule has 0 unspecified atom stereocenters. The number of hydrogen-bond acceptors (Lipinski definition) is 30. The van der Waals surface area contributed by atoms with Gasteiger partial charge in [0.25, 0.3) is 11.7 Å². The van der Waals surface area contributed by atoms with E-state index in [-0.39, 0.29) is 152 Å². The molecular weight excluding hydrogens is 1610 g/mol. The van der Waals surface area contributed by atoms with E-state index >= 15 is 0 Å². The highest BCUT2D eigenvalue weighted by Crippen LogP contribution is 2.40. The predicted octanol–water partition coefficient (Wildman–Crippen LogP) is 6.50. The number of aromatic nitrogens is 8. The van der Waals surface area contributed by atoms with Gasteiger partial charge in [0.1, 0.15) is 67.4 Å². The number of aliphatic hydroxyl groups is 3. The van der Waals surface area contributed by atoms with Crippen LogP contribution in [0.25, 0.3) is 33.3 Å². The Morgan fingerprint density at radius 3 is 2.19 bits per heavy atom. The number of H-pyrrole nitrogens is 1. The molecule has 0 spiro atoms. The molecule has 5 aromatic rings. The number of aromatic amines is 1. The van der Waals surface area contributed by atoms with E-state index in [1.807, 2.05) is 50.3 Å². The summed E-state index contributed by atoms with van der Waals surface area (Å²) in [6, 6.07) is 4.59. The number of rotatable bonds is 36. The number of ketones is 2. The number of ether oxygens (including phenoxy) is 10. The topological polar surface area (TPSA) is 496 Å². The maximum Gasteiger partial charge on any atom is 0.407 e. The van der Waals surface area contributed by atoms with Crippen molar-refractivity contribution < 1.29 is 106 Å². The van der Waals surface area contributed by atoms with Gasteiger partial charge < -0.3 is 110 Å². The van der Waals surface area contributed by atoms with Crippen LogP contribution in [0.3, 0.4) is 0 Å². The Labute approximate surface area is 723 Å². The van der Waals surface area contributed by atoms with E-state index < -0.39 is 95.7 Å². The number of carbonyl (C=O) groups is 7. The van der Waals surface area contributed by atoms with Crippen LogP contribution in [0.4, 0.5) is 10.6 Å². The fraction of sp³-hybridized carbons (Fsp3) is 0.644. The molecule has 4 amide bonds. The molecule has 124 heavy (non-hydrogen) atoms. The molecule has 1 saturated carbocycles. The molecule has 3 aliphatic heterocycles. The molecule has 4 aromatic heterocycles. The van der Waals surface area contributed by atoms with Crippen molar-refractivity contribution in [2.45, 2.75) is 218 Å². The van der Waals surface area contributed by atoms with Gasteiger partial charge in [-0.25, -0.2) is 28.9 Å². The first-order chi connectivity index (χ1) is 59.7. The standard InChI is InChI=1S/C87H129N15O22/c1-54-17-11-10-12-18-55(2)71(114-7)49-64-23-20-59(6)87(113,124-64)81(109)84(110)100-31-15-13-19-70(100)85(111)123-72(50-67(98-116-9)56(3)44-58(5)79(107)80(108)78(106)57(4)43-54)65(88)45-60-21-25-69(73(46-60)115-8)102-51-62(96-99-102)52-122-86(112)92-30-36-120-40-42-121-41-38-118-34-27-75(105)91-29-35-119-39-37-117-33-26-74(104)90-28-14-16-32-101-83-76(82(89)93-53-94-83)77(97-101)68-48-61-47-63(103)22-24-66(61)95-68/h10-12,17-18,22,24,44,47-48,51,53-54,56-57,59-60,64-65,69-73,79-80,95,103,107-108,113H,13-16,19-21,23,25-43,45-46,49-50,52,88H2,1-9H3,(H,90,104)(H,91,105)(H,92,112)(H2,89,93,94)/b12-10+,17-11+,55-18+,58-44+,98-67-/t54-,56-,57-,59-,60+,64+,65-,69+,70+,71+,72+,73-,79-,80+,87-/m1/s1. The quantitative estimate of drug-likeness (QED) is 0.00672. The van der Waals surface area contributed by atoms with E-state index in [9.17, 15) is 54.0 Å². The number of piperidine rings is 1. The lowest BCUT2D eigenvalue weighted by Gasteiger charge is -2.42. The third-order valence-corrected chi connectivity index (χ3v) is 23.2. The molecular formula is C87H129N15O22. The number of unbranched alkanes of at least 4 members (excludes halogenated alkanes) is 1. The van der Waals surface area contributed by atoms with Crippen molar-refractivity contribution in [2.24, 2.45) is 40.5 Å². The molecule has 1 aliphatic carbocycles. The van der Waals surface area contributed by atoms with Gasteiger partial charge in [-0.3, -0.25) is 24.0 Å². The summed E-state index contributed by atoms with van der Waals surface area (Å²) in [5.41, 5.74) is 18.1. The smallest absolute Gasteiger partial charge is 0.407 e. The number of Topliss-reactive ketones (excluding diaryl/α,β-unsaturated/α-hetero) is 2. The molecule has 37 heteroatoms. The number of hydrogen-bond donors (Lipinski definition) is 10. The Morgan fingerprint density at radius 2 is 1.48 bits per heavy atom. The van der Waals surface area contributed by atoms with Crippen LogP contribution in [0.15, 0.2) is 89.5 Å². The normalized spacial score (nSPS) is 27.0. The number of alkyl carbamates (subject to hydrolysis) is 1. The number of fused-ring (bicyclic) bond motifs is 5. The minimum atomic E-state index is -2.50. The predicted molar refractivity (Wildman–Crippen MR) is 457 cm³/mol. The SMILES string of the molecule is CO/N=C1/C[C@@H]([C@H](N)C[C@@H]2CC[C@H](n3cc(COC(=O)NCCOCCOCCOCCC(=O)NCCOCCOCCC(=O)NCCCCn4nc(-c5cc6cc(O)ccc6[nH]5)c5c(N)ncnc54)nn3)[C@H](OC)C2)OC(=O)[C@@H]2CCCCN2C(=O)C(=O)[C@]2(O)O[C@@H](CC[C@H]2C)C[C@H](OC)/C(C)=C/C=C/C=C/[C@@H](C)C[C@@H](C)C(=O)[C@H](O)[C@H](O)/C(C)=C/[C@H]1C. The van der Waals surface area contributed by atoms with Crippen molar-refractivity contribution in [1.29, 1.82) is 0 Å². The lowest BCUT2D eigenvalue weighted by atomic mass is 9.79. The number of aliphatic hydroxyl groups excluding tert-OH is 2. The summed E-state index contributed by atoms with van der Waals surface area (Å²) in [5.74, 6) is -8.13. The molecule has 9 rings (SSSR count). The highest BCUT2D eigenvalue weighted by molar-refractivity contribution is 6.39. The zero-order valence-electron chi connectivity index (χ0n) is 73.0. The van der Waals surface area contributed by atoms with Crippen molar-refractivity contribution in [3.63, 3.8) is 0 Å². The summed E-state index contributed by atoms with van der Waals surface area (Å²) in [6.07, 6.45) is 13.8. The van der Waals surface area contributed by atoms with Crippen molar-refractivity contribution in [3.05, 3.63) is 90.1 Å². The molecule has 0 radical (unpaired) electrons. The summed E-state index contributed by atoms with van der Waals surface area (Å²) in [5, 5.41) is 72.6. The highest BCUT2D eigenvalue weighted by Gasteiger charge is 2.53. The lowest BCUT2D eigenvalue weighted by molar-refractivity contribution is -0.265. The molecule has 15 atom stereocenters. The maximum absolute atomic E-state index is 14.9. The number of nitrogens with one attached hydrogen (secondary N) is 4. The average molecular weight is 1740 g/mol. The van der Waals surface area contributed by atoms with E-state index in [1.165, 1.54) is 18.3 Å². The van der Waals surface area contributed by atoms with Crippen molar-refractivity contribution in [3.8, 4) is 17.1 Å². The number of aromatic hydroxyl groups is 1. The Hall–Kier alpha value is -9.51. The van der Waals surface area contributed by atoms with Crippen LogP contribution in [0, 0.1) is 29.6 Å². The van der Waals surface area contributed by atoms with Crippen LogP contribution in [0.1, 0.15) is 156 Å². The number of phenols is 1. The van der Waals surface area contributed by atoms with E-state index in [2.05, 4.69) is 46.4 Å². The third kappa shape index (κ3) is 29.0. The maximum atomic E-state index is 14.9. The fourth-order valence-corrected chi connectivity index (χ4v) is 16.1. The minimum absolute atomic E-state index is 0.0225. The van der Waals surface area contributed by atoms with Crippen LogP contribution in [-0.4, -0.2) is 280 Å². The van der Waals surface area contributed by atoms with Crippen LogP contribution in [-0.2, 0) is 94.1 Å². The number of amides is 4. The molecule has 684 valence electrons. The molecule has 4 aliphatic rings. The van der Waals surface area contributed by atoms with Gasteiger partial charge in [0.05, 0.1) is 113 Å². The molecule has 2 bridgehead atoms. The van der Waals surface area contributed by atoms with Gasteiger partial charge >= 0.3 is 12.1 Å². The van der Waals surface area contributed by atoms with Gasteiger partial charge in [-0.05, 0) is 138 Å². The average Bonchev–Trinajstić information content (AvgIpc) is 1.63. The lowest BCUT2D eigenvalue weighted by Crippen LogP contribution is -2.61. The fourth-order valence-electron chi connectivity index (χ4n) is 16.1. The van der Waals surface area contributed by atoms with Crippen LogP contribution in [0.2, 0.25) is 0 Å². The number of benzene rings is 1. The Balaban J connectivity index is 0.640. The molecule has 3 fully saturated rings. The van der Waals surface area contributed by atoms with Crippen LogP contribution >= 0.6 is 0 Å². The Bertz CT molecular complexity index is 4430. The second-order valence-corrected chi connectivity index (χ2v) is 32.5. The van der Waals surface area contributed by atoms with Crippen molar-refractivity contribution in [2.75, 3.05) is 119 Å². The van der Waals surface area contributed by atoms with Crippen molar-refractivity contribution in [1.82, 2.24) is 60.6 Å². The van der Waals surface area contributed by atoms with Crippen LogP contribution < -0.4 is 27.4 Å². The second kappa shape index (κ2) is 50.0. The van der Waals surface area contributed by atoms with Gasteiger partial charge in [0, 0.05) is 107 Å². The first-order valence-corrected chi connectivity index (χ1v) is 43.2. The number of anilines is 1. The van der Waals surface area contributed by atoms with E-state index in [1.54, 1.807) is 81.8 Å². The van der Waals surface area contributed by atoms with E-state index in [0.717, 1.165) is 28.6 Å². The zero-order chi connectivity index (χ0) is 89.2. The largest absolute Gasteiger partial charge is 0.508 e. The number of aryl methyl sites for hydroxylation is 1. The Morgan fingerprint density at radius 1 is 0.774 bits per heavy atom. The summed E-state index contributed by atoms with van der Waals surface area (Å²) in [6.45, 7) is 14.5. The molecule has 37 nitrogen and oxygen atoms in total. The van der Waals surface area contributed by atoms with Gasteiger partial charge in [-0.2, -0.15) is 5.10 Å². The number of methoxy groups -OCH3 is 2. The Kier molecular flexibility index (Phi) is 39.6. The monoisotopic (exact) mass is 1740 g/mol. The summed E-state index contributed by atoms with van der Waals surface area (Å²) in [4.78, 5) is 114. The van der Waals surface area contributed by atoms with Gasteiger partial charge in [0.2, 0.25) is 17.6 Å². The molecule has 12 N–H and O–H groups in total. The number of oxime groups is 1. The van der Waals surface area contributed by atoms with E-state index in [4.69, 9.17) is 68.8 Å². The van der Waals surface area contributed by atoms with Gasteiger partial charge in [-0.15, -0.1) is 5.10 Å². The number of cyclic esters (lactones) is 1. The highest BCUT2D eigenvalue weighted by atomic mass is 16.6. The van der Waals surface area contributed by atoms with E-state index in [0.29, 0.717) is 131 Å². The molecule has 1 aromatic carbocycles. The summed E-state index contributed by atoms with van der Waals surface area (Å²) >= 11 is 0. The number of allylic oxidation sites excluding steroid dienone is 6. The number of nitrogens with zero attached hydrogens (tertiary/aromatic N) is 9. The first-order valence-electron chi connectivity index (χ1n) is 43.2. The number of esters is 1. The van der Waals surface area contributed by atoms with Crippen LogP contribution in [0.5, 0.6) is 5.75 Å². The molecule has 7 heterocycles. The van der Waals surface area contributed by atoms with Gasteiger partial charge in [0.15, 0.2) is 11.4 Å². The second-order valence-electron chi connectivity index (χ2n) is 32.5. The molecule has 2 saturated heterocycles. The number of nitrogen functional groups attached to an aromatic ring is 1. The number of nitrogens with two attached hydrogens (primary N) is 2. The number of carbonyl (C=O) groups excluding carboxylic acids is 7. The first kappa shape index (κ1) is 98.3. The zero-order valence-corrected chi connectivity index (χ0v) is 73.0. The minimum Gasteiger partial charge on any atom is -0.508 e. The summed E-state index contributed by atoms with van der Waals surface area (Å²) < 4.78 is 61.4.